The highest BCUT2D eigenvalue weighted by Crippen LogP contribution is 2.24. The zero-order chi connectivity index (χ0) is 25.4. The summed E-state index contributed by atoms with van der Waals surface area (Å²) >= 11 is 0. The predicted octanol–water partition coefficient (Wildman–Crippen LogP) is 4.77. The first-order chi connectivity index (χ1) is 16.0. The van der Waals surface area contributed by atoms with Gasteiger partial charge in [-0.05, 0) is 37.1 Å². The maximum atomic E-state index is 10.6. The molecule has 2 aromatic carbocycles. The summed E-state index contributed by atoms with van der Waals surface area (Å²) < 4.78 is 1.90. The third-order valence-corrected chi connectivity index (χ3v) is 5.09. The molecule has 0 unspecified atom stereocenters. The summed E-state index contributed by atoms with van der Waals surface area (Å²) in [5.74, 6) is -0.773. The number of para-hydroxylation sites is 1. The van der Waals surface area contributed by atoms with Crippen molar-refractivity contribution in [2.45, 2.75) is 20.8 Å². The Kier molecular flexibility index (Phi) is 8.89. The molecule has 0 spiro atoms. The predicted molar refractivity (Wildman–Crippen MR) is 137 cm³/mol. The molecule has 0 saturated heterocycles. The lowest BCUT2D eigenvalue weighted by Gasteiger charge is -2.22. The van der Waals surface area contributed by atoms with Crippen LogP contribution in [-0.4, -0.2) is 34.9 Å². The summed E-state index contributed by atoms with van der Waals surface area (Å²) in [7, 11) is 4.00. The molecule has 34 heavy (non-hydrogen) atoms. The molecule has 8 heteroatoms. The number of nitrogens with zero attached hydrogens (tertiary/aromatic N) is 3. The Bertz CT molecular complexity index is 1260. The van der Waals surface area contributed by atoms with Gasteiger partial charge in [0, 0.05) is 62.5 Å². The number of hydrogen-bond donors (Lipinski definition) is 1. The van der Waals surface area contributed by atoms with E-state index in [2.05, 4.69) is 60.3 Å². The molecule has 1 aliphatic heterocycles. The molecule has 8 nitrogen and oxygen atoms in total. The minimum Gasteiger partial charge on any atom is -0.370 e. The lowest BCUT2D eigenvalue weighted by atomic mass is 10.1. The van der Waals surface area contributed by atoms with Gasteiger partial charge in [0.25, 0.3) is 11.6 Å². The number of aryl methyl sites for hydroxylation is 2. The fraction of sp³-hybridized carbons (Fsp3) is 0.231. The van der Waals surface area contributed by atoms with Crippen molar-refractivity contribution in [1.29, 1.82) is 0 Å². The molecule has 0 bridgehead atoms. The van der Waals surface area contributed by atoms with Crippen molar-refractivity contribution in [2.24, 2.45) is 7.05 Å². The summed E-state index contributed by atoms with van der Waals surface area (Å²) in [6.07, 6.45) is 6.33. The van der Waals surface area contributed by atoms with Gasteiger partial charge < -0.3 is 9.47 Å². The first kappa shape index (κ1) is 26.1. The van der Waals surface area contributed by atoms with E-state index in [9.17, 15) is 19.7 Å². The van der Waals surface area contributed by atoms with E-state index in [4.69, 9.17) is 0 Å². The monoisotopic (exact) mass is 462 g/mol. The van der Waals surface area contributed by atoms with Crippen LogP contribution in [0.2, 0.25) is 0 Å². The van der Waals surface area contributed by atoms with Crippen LogP contribution in [0, 0.1) is 17.0 Å². The van der Waals surface area contributed by atoms with E-state index in [1.807, 2.05) is 24.7 Å². The number of nitrogens with one attached hydrogen (secondary N) is 1. The number of rotatable bonds is 2. The molecule has 2 heterocycles. The van der Waals surface area contributed by atoms with Crippen molar-refractivity contribution in [3.8, 4) is 0 Å². The number of aromatic nitrogens is 1. The van der Waals surface area contributed by atoms with Crippen LogP contribution < -0.4 is 10.2 Å². The highest BCUT2D eigenvalue weighted by Gasteiger charge is 2.09. The summed E-state index contributed by atoms with van der Waals surface area (Å²) in [4.78, 5) is 33.1. The Morgan fingerprint density at radius 3 is 2.35 bits per heavy atom. The number of amides is 2. The zero-order valence-electron chi connectivity index (χ0n) is 20.2. The summed E-state index contributed by atoms with van der Waals surface area (Å²) in [6, 6.07) is 13.4. The number of fused-ring (bicyclic) bond motifs is 2. The Balaban J connectivity index is 0.000000186. The maximum Gasteiger partial charge on any atom is 0.271 e. The summed E-state index contributed by atoms with van der Waals surface area (Å²) in [5, 5.41) is 13.7. The lowest BCUT2D eigenvalue weighted by Crippen LogP contribution is -2.28. The van der Waals surface area contributed by atoms with Crippen molar-refractivity contribution in [2.75, 3.05) is 18.5 Å². The van der Waals surface area contributed by atoms with E-state index in [-0.39, 0.29) is 16.5 Å². The number of imide groups is 1. The number of anilines is 1. The highest BCUT2D eigenvalue weighted by atomic mass is 16.6. The lowest BCUT2D eigenvalue weighted by molar-refractivity contribution is -0.384. The molecule has 2 amide bonds. The first-order valence-electron chi connectivity index (χ1n) is 10.7. The third kappa shape index (κ3) is 6.90. The average molecular weight is 463 g/mol. The van der Waals surface area contributed by atoms with Gasteiger partial charge in [-0.25, -0.2) is 0 Å². The van der Waals surface area contributed by atoms with Gasteiger partial charge >= 0.3 is 0 Å². The average Bonchev–Trinajstić information content (AvgIpc) is 3.07. The maximum absolute atomic E-state index is 10.6. The standard InChI is InChI=1S/C10H10N2O2.C10H11N.C6H9NO2/c1-7-6-11(2)10-5-8(12(13)14)3-4-9(7)10;1-11-8-4-6-9-5-2-3-7-10(9)11;1-4(2)6(9)7-5(3)8/h3-6H,1-2H3;2-7H,8H2,1H3;1H2,2-3H3,(H,7,8,9). The fourth-order valence-electron chi connectivity index (χ4n) is 3.37. The number of likely N-dealkylation sites (N-methyl/N-ethyl adjacent to an activating group) is 1. The quantitative estimate of drug-likeness (QED) is 0.336. The van der Waals surface area contributed by atoms with Crippen LogP contribution in [0.3, 0.4) is 0 Å². The van der Waals surface area contributed by atoms with Gasteiger partial charge in [-0.3, -0.25) is 25.0 Å². The molecule has 0 atom stereocenters. The van der Waals surface area contributed by atoms with Crippen LogP contribution in [0.15, 0.2) is 66.9 Å². The zero-order valence-corrected chi connectivity index (χ0v) is 20.2. The second-order valence-electron chi connectivity index (χ2n) is 8.01. The van der Waals surface area contributed by atoms with E-state index in [0.717, 1.165) is 23.0 Å². The second kappa shape index (κ2) is 11.6. The van der Waals surface area contributed by atoms with Crippen LogP contribution in [0.5, 0.6) is 0 Å². The molecule has 178 valence electrons. The third-order valence-electron chi connectivity index (χ3n) is 5.09. The topological polar surface area (TPSA) is 97.5 Å². The van der Waals surface area contributed by atoms with Crippen LogP contribution in [-0.2, 0) is 16.6 Å². The molecule has 4 rings (SSSR count). The SMILES string of the molecule is C=C(C)C(=O)NC(C)=O.CN1CC=Cc2ccccc21.Cc1cn(C)c2cc([N+](=O)[O-])ccc12. The van der Waals surface area contributed by atoms with Crippen LogP contribution in [0.4, 0.5) is 11.4 Å². The highest BCUT2D eigenvalue weighted by molar-refractivity contribution is 6.02. The van der Waals surface area contributed by atoms with E-state index < -0.39 is 5.91 Å². The van der Waals surface area contributed by atoms with Crippen molar-refractivity contribution >= 4 is 40.2 Å². The van der Waals surface area contributed by atoms with E-state index in [0.29, 0.717) is 5.57 Å². The molecule has 0 radical (unpaired) electrons. The molecular formula is C26H30N4O4. The molecule has 0 saturated carbocycles. The number of non-ortho nitro benzene ring substituents is 1. The van der Waals surface area contributed by atoms with Crippen LogP contribution >= 0.6 is 0 Å². The van der Waals surface area contributed by atoms with E-state index >= 15 is 0 Å². The number of hydrogen-bond acceptors (Lipinski definition) is 5. The fourth-order valence-corrected chi connectivity index (χ4v) is 3.37. The van der Waals surface area contributed by atoms with Crippen molar-refractivity contribution in [3.05, 3.63) is 88.1 Å². The van der Waals surface area contributed by atoms with Gasteiger partial charge in [0.2, 0.25) is 5.91 Å². The molecular weight excluding hydrogens is 432 g/mol. The number of benzene rings is 2. The summed E-state index contributed by atoms with van der Waals surface area (Å²) in [5.41, 5.74) is 5.16. The second-order valence-corrected chi connectivity index (χ2v) is 8.01. The van der Waals surface area contributed by atoms with Gasteiger partial charge in [0.1, 0.15) is 0 Å². The number of nitro groups is 1. The smallest absolute Gasteiger partial charge is 0.271 e. The van der Waals surface area contributed by atoms with Gasteiger partial charge in [0.05, 0.1) is 10.4 Å². The molecule has 1 aliphatic rings. The first-order valence-corrected chi connectivity index (χ1v) is 10.7. The minimum atomic E-state index is -0.414. The number of carbonyl (C=O) groups excluding carboxylic acids is 2. The van der Waals surface area contributed by atoms with Crippen molar-refractivity contribution in [1.82, 2.24) is 9.88 Å². The molecule has 0 fully saturated rings. The van der Waals surface area contributed by atoms with E-state index in [1.54, 1.807) is 12.1 Å². The van der Waals surface area contributed by atoms with Gasteiger partial charge in [-0.15, -0.1) is 0 Å². The van der Waals surface area contributed by atoms with Crippen LogP contribution in [0.25, 0.3) is 17.0 Å². The van der Waals surface area contributed by atoms with Gasteiger partial charge in [-0.2, -0.15) is 0 Å². The molecule has 1 aromatic heterocycles. The van der Waals surface area contributed by atoms with Gasteiger partial charge in [-0.1, -0.05) is 36.9 Å². The Labute approximate surface area is 199 Å². The number of nitro benzene ring substituents is 1. The Morgan fingerprint density at radius 2 is 1.79 bits per heavy atom. The minimum absolute atomic E-state index is 0.138. The van der Waals surface area contributed by atoms with Crippen molar-refractivity contribution in [3.63, 3.8) is 0 Å². The van der Waals surface area contributed by atoms with E-state index in [1.165, 1.54) is 31.2 Å². The largest absolute Gasteiger partial charge is 0.370 e. The molecule has 1 N–H and O–H groups in total. The summed E-state index contributed by atoms with van der Waals surface area (Å²) in [6.45, 7) is 9.18. The molecule has 3 aromatic rings. The van der Waals surface area contributed by atoms with Crippen LogP contribution in [0.1, 0.15) is 25.0 Å². The normalized spacial score (nSPS) is 11.4. The Morgan fingerprint density at radius 1 is 1.12 bits per heavy atom. The number of carbonyl (C=O) groups is 2. The van der Waals surface area contributed by atoms with Gasteiger partial charge in [0.15, 0.2) is 0 Å². The van der Waals surface area contributed by atoms with Crippen molar-refractivity contribution < 1.29 is 14.5 Å². The molecule has 0 aliphatic carbocycles. The Hall–Kier alpha value is -4.20.